The zero-order chi connectivity index (χ0) is 23.2. The van der Waals surface area contributed by atoms with E-state index in [0.717, 1.165) is 81.7 Å². The summed E-state index contributed by atoms with van der Waals surface area (Å²) in [5.41, 5.74) is 3.33. The molecule has 2 saturated heterocycles. The van der Waals surface area contributed by atoms with Crippen LogP contribution < -0.4 is 0 Å². The van der Waals surface area contributed by atoms with E-state index in [1.165, 1.54) is 0 Å². The van der Waals surface area contributed by atoms with Gasteiger partial charge in [-0.05, 0) is 62.3 Å². The van der Waals surface area contributed by atoms with Gasteiger partial charge in [0.2, 0.25) is 10.0 Å². The Balaban J connectivity index is 1.56. The highest BCUT2D eigenvalue weighted by Crippen LogP contribution is 2.35. The molecule has 1 aromatic carbocycles. The van der Waals surface area contributed by atoms with E-state index in [1.807, 2.05) is 23.1 Å². The molecule has 2 aromatic rings. The Morgan fingerprint density at radius 2 is 1.94 bits per heavy atom. The summed E-state index contributed by atoms with van der Waals surface area (Å²) in [6, 6.07) is 6.08. The molecule has 5 rings (SSSR count). The third kappa shape index (κ3) is 4.21. The lowest BCUT2D eigenvalue weighted by atomic mass is 9.98. The van der Waals surface area contributed by atoms with Gasteiger partial charge >= 0.3 is 0 Å². The highest BCUT2D eigenvalue weighted by molar-refractivity contribution is 7.90. The lowest BCUT2D eigenvalue weighted by molar-refractivity contribution is 0.0290. The van der Waals surface area contributed by atoms with Crippen LogP contribution in [0.4, 0.5) is 0 Å². The number of carbonyl (C=O) groups excluding carboxylic acids is 1. The van der Waals surface area contributed by atoms with Crippen molar-refractivity contribution in [2.45, 2.75) is 58.5 Å². The van der Waals surface area contributed by atoms with Gasteiger partial charge in [0.1, 0.15) is 0 Å². The standard InChI is InChI=1S/C25H35N3O4S/c1-3-33(30,31)28-23-7-6-19(25(29)27-11-4-5-18(2)16-27)15-21(23)22-17-26(12-8-24(22)28)20-9-13-32-14-10-20/h6-7,15,18,20H,3-5,8-14,16-17H2,1-2H3/t18-/m0/s1. The highest BCUT2D eigenvalue weighted by Gasteiger charge is 2.32. The number of piperidine rings is 1. The molecule has 7 nitrogen and oxygen atoms in total. The molecule has 0 aliphatic carbocycles. The molecule has 8 heteroatoms. The van der Waals surface area contributed by atoms with Gasteiger partial charge in [0.15, 0.2) is 0 Å². The second-order valence-corrected chi connectivity index (χ2v) is 12.0. The number of ether oxygens (including phenoxy) is 1. The number of likely N-dealkylation sites (tertiary alicyclic amines) is 1. The lowest BCUT2D eigenvalue weighted by Crippen LogP contribution is -2.42. The molecule has 0 radical (unpaired) electrons. The number of benzene rings is 1. The molecule has 1 aromatic heterocycles. The molecule has 0 bridgehead atoms. The highest BCUT2D eigenvalue weighted by atomic mass is 32.2. The van der Waals surface area contributed by atoms with Gasteiger partial charge in [-0.25, -0.2) is 12.4 Å². The molecule has 33 heavy (non-hydrogen) atoms. The molecule has 2 fully saturated rings. The molecule has 4 heterocycles. The van der Waals surface area contributed by atoms with Crippen LogP contribution in [-0.4, -0.2) is 72.7 Å². The predicted octanol–water partition coefficient (Wildman–Crippen LogP) is 3.25. The van der Waals surface area contributed by atoms with E-state index in [-0.39, 0.29) is 11.7 Å². The minimum atomic E-state index is -3.44. The van der Waals surface area contributed by atoms with Crippen LogP contribution >= 0.6 is 0 Å². The Labute approximate surface area is 196 Å². The molecule has 1 amide bonds. The van der Waals surface area contributed by atoms with Crippen molar-refractivity contribution in [2.24, 2.45) is 5.92 Å². The monoisotopic (exact) mass is 473 g/mol. The maximum Gasteiger partial charge on any atom is 0.253 e. The van der Waals surface area contributed by atoms with Crippen molar-refractivity contribution in [2.75, 3.05) is 38.6 Å². The molecule has 3 aliphatic heterocycles. The first-order valence-corrected chi connectivity index (χ1v) is 14.0. The number of amides is 1. The molecule has 180 valence electrons. The van der Waals surface area contributed by atoms with Gasteiger partial charge in [-0.15, -0.1) is 0 Å². The van der Waals surface area contributed by atoms with E-state index in [2.05, 4.69) is 11.8 Å². The van der Waals surface area contributed by atoms with Crippen LogP contribution in [0.5, 0.6) is 0 Å². The summed E-state index contributed by atoms with van der Waals surface area (Å²) in [7, 11) is -3.44. The molecule has 0 spiro atoms. The van der Waals surface area contributed by atoms with Crippen molar-refractivity contribution in [3.05, 3.63) is 35.0 Å². The van der Waals surface area contributed by atoms with Crippen LogP contribution in [0.2, 0.25) is 0 Å². The number of aromatic nitrogens is 1. The number of rotatable bonds is 4. The van der Waals surface area contributed by atoms with Gasteiger partial charge in [-0.1, -0.05) is 6.92 Å². The Morgan fingerprint density at radius 1 is 1.15 bits per heavy atom. The van der Waals surface area contributed by atoms with Gasteiger partial charge in [0.05, 0.1) is 11.3 Å². The molecule has 3 aliphatic rings. The summed E-state index contributed by atoms with van der Waals surface area (Å²) in [5, 5.41) is 0.912. The van der Waals surface area contributed by atoms with Crippen molar-refractivity contribution in [1.82, 2.24) is 13.8 Å². The van der Waals surface area contributed by atoms with Crippen molar-refractivity contribution < 1.29 is 17.9 Å². The lowest BCUT2D eigenvalue weighted by Gasteiger charge is -2.37. The maximum atomic E-state index is 13.3. The van der Waals surface area contributed by atoms with E-state index < -0.39 is 10.0 Å². The van der Waals surface area contributed by atoms with E-state index in [1.54, 1.807) is 10.9 Å². The third-order valence-electron chi connectivity index (χ3n) is 7.67. The zero-order valence-electron chi connectivity index (χ0n) is 19.8. The largest absolute Gasteiger partial charge is 0.381 e. The van der Waals surface area contributed by atoms with Crippen molar-refractivity contribution in [3.8, 4) is 0 Å². The molecule has 0 saturated carbocycles. The topological polar surface area (TPSA) is 71.9 Å². The SMILES string of the molecule is CCS(=O)(=O)n1c2c(c3cc(C(=O)N4CCC[C@H](C)C4)ccc31)CN(C1CCOCC1)CC2. The Hall–Kier alpha value is -1.90. The fourth-order valence-corrected chi connectivity index (χ4v) is 7.09. The van der Waals surface area contributed by atoms with Crippen LogP contribution in [0.25, 0.3) is 10.9 Å². The average Bonchev–Trinajstić information content (AvgIpc) is 3.18. The summed E-state index contributed by atoms with van der Waals surface area (Å²) in [6.45, 7) is 8.62. The minimum Gasteiger partial charge on any atom is -0.381 e. The number of fused-ring (bicyclic) bond motifs is 3. The molecular formula is C25H35N3O4S. The van der Waals surface area contributed by atoms with Gasteiger partial charge in [-0.2, -0.15) is 0 Å². The van der Waals surface area contributed by atoms with Crippen LogP contribution in [0, 0.1) is 5.92 Å². The van der Waals surface area contributed by atoms with Crippen LogP contribution in [-0.2, 0) is 27.7 Å². The zero-order valence-corrected chi connectivity index (χ0v) is 20.6. The van der Waals surface area contributed by atoms with Gasteiger partial charge < -0.3 is 9.64 Å². The quantitative estimate of drug-likeness (QED) is 0.682. The van der Waals surface area contributed by atoms with Crippen LogP contribution in [0.3, 0.4) is 0 Å². The van der Waals surface area contributed by atoms with E-state index in [0.29, 0.717) is 29.5 Å². The van der Waals surface area contributed by atoms with Gasteiger partial charge in [0, 0.05) is 68.5 Å². The molecule has 1 atom stereocenters. The summed E-state index contributed by atoms with van der Waals surface area (Å²) in [6.07, 6.45) is 4.93. The molecule has 0 unspecified atom stereocenters. The predicted molar refractivity (Wildman–Crippen MR) is 129 cm³/mol. The van der Waals surface area contributed by atoms with Crippen LogP contribution in [0.1, 0.15) is 61.1 Å². The summed E-state index contributed by atoms with van der Waals surface area (Å²) >= 11 is 0. The third-order valence-corrected chi connectivity index (χ3v) is 9.38. The summed E-state index contributed by atoms with van der Waals surface area (Å²) in [5.74, 6) is 0.627. The van der Waals surface area contributed by atoms with E-state index in [9.17, 15) is 13.2 Å². The minimum absolute atomic E-state index is 0.0548. The number of nitrogens with zero attached hydrogens (tertiary/aromatic N) is 3. The van der Waals surface area contributed by atoms with Crippen molar-refractivity contribution in [3.63, 3.8) is 0 Å². The fraction of sp³-hybridized carbons (Fsp3) is 0.640. The Bertz CT molecular complexity index is 1150. The first-order valence-electron chi connectivity index (χ1n) is 12.4. The first-order chi connectivity index (χ1) is 15.9. The second-order valence-electron chi connectivity index (χ2n) is 9.88. The number of hydrogen-bond acceptors (Lipinski definition) is 5. The average molecular weight is 474 g/mol. The smallest absolute Gasteiger partial charge is 0.253 e. The van der Waals surface area contributed by atoms with E-state index in [4.69, 9.17) is 4.74 Å². The Morgan fingerprint density at radius 3 is 2.67 bits per heavy atom. The Kier molecular flexibility index (Phi) is 6.27. The van der Waals surface area contributed by atoms with Gasteiger partial charge in [0.25, 0.3) is 5.91 Å². The van der Waals surface area contributed by atoms with Crippen molar-refractivity contribution in [1.29, 1.82) is 0 Å². The normalized spacial score (nSPS) is 23.1. The number of hydrogen-bond donors (Lipinski definition) is 0. The fourth-order valence-electron chi connectivity index (χ4n) is 5.84. The van der Waals surface area contributed by atoms with Crippen LogP contribution in [0.15, 0.2) is 18.2 Å². The summed E-state index contributed by atoms with van der Waals surface area (Å²) in [4.78, 5) is 17.7. The second kappa shape index (κ2) is 9.04. The summed E-state index contributed by atoms with van der Waals surface area (Å²) < 4.78 is 33.3. The van der Waals surface area contributed by atoms with Gasteiger partial charge in [-0.3, -0.25) is 9.69 Å². The maximum absolute atomic E-state index is 13.3. The number of carbonyl (C=O) groups is 1. The van der Waals surface area contributed by atoms with Crippen molar-refractivity contribution >= 4 is 26.8 Å². The van der Waals surface area contributed by atoms with E-state index >= 15 is 0 Å². The molecule has 0 N–H and O–H groups in total. The molecular weight excluding hydrogens is 438 g/mol. The first kappa shape index (κ1) is 22.9.